The second-order valence-electron chi connectivity index (χ2n) is 4.36. The number of amides is 1. The maximum absolute atomic E-state index is 11.5. The molecule has 1 aliphatic rings. The van der Waals surface area contributed by atoms with E-state index in [1.54, 1.807) is 0 Å². The van der Waals surface area contributed by atoms with Crippen LogP contribution in [0.15, 0.2) is 6.20 Å². The van der Waals surface area contributed by atoms with Crippen molar-refractivity contribution in [1.82, 2.24) is 19.9 Å². The Hall–Kier alpha value is -1.43. The zero-order valence-electron chi connectivity index (χ0n) is 10.2. The van der Waals surface area contributed by atoms with Gasteiger partial charge in [0.15, 0.2) is 0 Å². The second kappa shape index (κ2) is 5.27. The van der Waals surface area contributed by atoms with E-state index in [0.29, 0.717) is 19.0 Å². The Kier molecular flexibility index (Phi) is 3.73. The van der Waals surface area contributed by atoms with E-state index < -0.39 is 0 Å². The highest BCUT2D eigenvalue weighted by molar-refractivity contribution is 5.75. The summed E-state index contributed by atoms with van der Waals surface area (Å²) < 4.78 is 1.88. The van der Waals surface area contributed by atoms with Crippen molar-refractivity contribution in [3.05, 3.63) is 11.9 Å². The first kappa shape index (κ1) is 12.0. The number of piperidine rings is 1. The molecule has 0 atom stereocenters. The first-order valence-electron chi connectivity index (χ1n) is 6.13. The molecule has 1 aromatic heterocycles. The van der Waals surface area contributed by atoms with Crippen LogP contribution in [0.25, 0.3) is 0 Å². The van der Waals surface area contributed by atoms with Crippen molar-refractivity contribution in [3.8, 4) is 0 Å². The third kappa shape index (κ3) is 2.63. The fourth-order valence-electron chi connectivity index (χ4n) is 2.19. The molecule has 1 aliphatic heterocycles. The van der Waals surface area contributed by atoms with Gasteiger partial charge >= 0.3 is 0 Å². The highest BCUT2D eigenvalue weighted by atomic mass is 16.2. The van der Waals surface area contributed by atoms with Crippen molar-refractivity contribution in [2.24, 2.45) is 5.73 Å². The van der Waals surface area contributed by atoms with Gasteiger partial charge in [-0.3, -0.25) is 4.79 Å². The molecule has 94 valence electrons. The lowest BCUT2D eigenvalue weighted by Gasteiger charge is -2.31. The number of aromatic nitrogens is 3. The van der Waals surface area contributed by atoms with Gasteiger partial charge in [0.1, 0.15) is 0 Å². The summed E-state index contributed by atoms with van der Waals surface area (Å²) in [7, 11) is 0. The van der Waals surface area contributed by atoms with Crippen LogP contribution in [0.4, 0.5) is 0 Å². The average Bonchev–Trinajstić information content (AvgIpc) is 2.87. The third-order valence-electron chi connectivity index (χ3n) is 3.26. The second-order valence-corrected chi connectivity index (χ2v) is 4.36. The Morgan fingerprint density at radius 3 is 2.76 bits per heavy atom. The highest BCUT2D eigenvalue weighted by Gasteiger charge is 2.23. The Labute approximate surface area is 101 Å². The minimum atomic E-state index is 0.240. The van der Waals surface area contributed by atoms with Crippen LogP contribution in [0.1, 0.15) is 37.9 Å². The van der Waals surface area contributed by atoms with Crippen LogP contribution in [0.3, 0.4) is 0 Å². The minimum absolute atomic E-state index is 0.240. The average molecular weight is 237 g/mol. The number of hydrogen-bond donors (Lipinski definition) is 1. The Bertz CT molecular complexity index is 381. The first-order valence-corrected chi connectivity index (χ1v) is 6.13. The highest BCUT2D eigenvalue weighted by Crippen LogP contribution is 2.21. The molecule has 0 saturated carbocycles. The molecule has 1 fully saturated rings. The molecule has 0 aliphatic carbocycles. The van der Waals surface area contributed by atoms with Crippen molar-refractivity contribution in [3.63, 3.8) is 0 Å². The fourth-order valence-corrected chi connectivity index (χ4v) is 2.19. The number of nitrogens with zero attached hydrogens (tertiary/aromatic N) is 4. The van der Waals surface area contributed by atoms with Crippen LogP contribution in [0, 0.1) is 0 Å². The standard InChI is InChI=1S/C11H19N5O/c1-2-11(17)15-5-3-10(4-6-15)16-8-9(7-12)13-14-16/h8,10H,2-7,12H2,1H3. The van der Waals surface area contributed by atoms with Gasteiger partial charge in [-0.2, -0.15) is 0 Å². The molecule has 17 heavy (non-hydrogen) atoms. The Balaban J connectivity index is 1.92. The first-order chi connectivity index (χ1) is 8.24. The summed E-state index contributed by atoms with van der Waals surface area (Å²) >= 11 is 0. The zero-order chi connectivity index (χ0) is 12.3. The summed E-state index contributed by atoms with van der Waals surface area (Å²) in [5, 5.41) is 8.07. The Morgan fingerprint density at radius 2 is 2.24 bits per heavy atom. The molecule has 1 saturated heterocycles. The van der Waals surface area contributed by atoms with Crippen LogP contribution in [-0.2, 0) is 11.3 Å². The van der Waals surface area contributed by atoms with Crippen molar-refractivity contribution in [2.75, 3.05) is 13.1 Å². The number of hydrogen-bond acceptors (Lipinski definition) is 4. The largest absolute Gasteiger partial charge is 0.343 e. The monoisotopic (exact) mass is 237 g/mol. The van der Waals surface area contributed by atoms with E-state index in [4.69, 9.17) is 5.73 Å². The molecule has 6 nitrogen and oxygen atoms in total. The van der Waals surface area contributed by atoms with E-state index in [9.17, 15) is 4.79 Å². The van der Waals surface area contributed by atoms with Crippen LogP contribution in [0.2, 0.25) is 0 Å². The van der Waals surface area contributed by atoms with Crippen molar-refractivity contribution in [2.45, 2.75) is 38.8 Å². The Morgan fingerprint density at radius 1 is 1.53 bits per heavy atom. The zero-order valence-corrected chi connectivity index (χ0v) is 10.2. The number of nitrogens with two attached hydrogens (primary N) is 1. The van der Waals surface area contributed by atoms with E-state index in [0.717, 1.165) is 31.6 Å². The maximum atomic E-state index is 11.5. The topological polar surface area (TPSA) is 77.0 Å². The van der Waals surface area contributed by atoms with E-state index in [-0.39, 0.29) is 5.91 Å². The molecule has 0 aromatic carbocycles. The lowest BCUT2D eigenvalue weighted by atomic mass is 10.1. The van der Waals surface area contributed by atoms with Gasteiger partial charge < -0.3 is 10.6 Å². The molecular weight excluding hydrogens is 218 g/mol. The van der Waals surface area contributed by atoms with Gasteiger partial charge in [0.25, 0.3) is 0 Å². The molecule has 0 radical (unpaired) electrons. The summed E-state index contributed by atoms with van der Waals surface area (Å²) in [4.78, 5) is 13.5. The lowest BCUT2D eigenvalue weighted by molar-refractivity contribution is -0.132. The van der Waals surface area contributed by atoms with Gasteiger partial charge in [-0.15, -0.1) is 5.10 Å². The quantitative estimate of drug-likeness (QED) is 0.820. The molecule has 0 bridgehead atoms. The van der Waals surface area contributed by atoms with Crippen LogP contribution < -0.4 is 5.73 Å². The lowest BCUT2D eigenvalue weighted by Crippen LogP contribution is -2.38. The maximum Gasteiger partial charge on any atom is 0.222 e. The molecular formula is C11H19N5O. The van der Waals surface area contributed by atoms with Gasteiger partial charge in [0.05, 0.1) is 17.9 Å². The van der Waals surface area contributed by atoms with Crippen LogP contribution >= 0.6 is 0 Å². The number of carbonyl (C=O) groups excluding carboxylic acids is 1. The summed E-state index contributed by atoms with van der Waals surface area (Å²) in [6.45, 7) is 3.96. The van der Waals surface area contributed by atoms with Crippen LogP contribution in [-0.4, -0.2) is 38.9 Å². The van der Waals surface area contributed by atoms with Crippen molar-refractivity contribution in [1.29, 1.82) is 0 Å². The smallest absolute Gasteiger partial charge is 0.222 e. The molecule has 2 N–H and O–H groups in total. The van der Waals surface area contributed by atoms with Gasteiger partial charge in [-0.25, -0.2) is 4.68 Å². The molecule has 2 rings (SSSR count). The predicted molar refractivity (Wildman–Crippen MR) is 63.1 cm³/mol. The van der Waals surface area contributed by atoms with E-state index in [1.165, 1.54) is 0 Å². The van der Waals surface area contributed by atoms with Gasteiger partial charge in [-0.1, -0.05) is 12.1 Å². The summed E-state index contributed by atoms with van der Waals surface area (Å²) in [5.41, 5.74) is 6.32. The third-order valence-corrected chi connectivity index (χ3v) is 3.26. The SMILES string of the molecule is CCC(=O)N1CCC(n2cc(CN)nn2)CC1. The number of rotatable bonds is 3. The summed E-state index contributed by atoms with van der Waals surface area (Å²) in [6, 6.07) is 0.351. The molecule has 2 heterocycles. The molecule has 6 heteroatoms. The molecule has 1 amide bonds. The molecule has 0 spiro atoms. The molecule has 0 unspecified atom stereocenters. The predicted octanol–water partition coefficient (Wildman–Crippen LogP) is 0.310. The van der Waals surface area contributed by atoms with Crippen molar-refractivity contribution < 1.29 is 4.79 Å². The number of likely N-dealkylation sites (tertiary alicyclic amines) is 1. The molecule has 1 aromatic rings. The van der Waals surface area contributed by atoms with E-state index >= 15 is 0 Å². The van der Waals surface area contributed by atoms with Gasteiger partial charge in [0.2, 0.25) is 5.91 Å². The fraction of sp³-hybridized carbons (Fsp3) is 0.727. The van der Waals surface area contributed by atoms with Gasteiger partial charge in [0, 0.05) is 26.1 Å². The summed E-state index contributed by atoms with van der Waals surface area (Å²) in [6.07, 6.45) is 4.38. The summed E-state index contributed by atoms with van der Waals surface area (Å²) in [5.74, 6) is 0.240. The normalized spacial score (nSPS) is 17.4. The minimum Gasteiger partial charge on any atom is -0.343 e. The van der Waals surface area contributed by atoms with Crippen LogP contribution in [0.5, 0.6) is 0 Å². The van der Waals surface area contributed by atoms with E-state index in [1.807, 2.05) is 22.7 Å². The van der Waals surface area contributed by atoms with Gasteiger partial charge in [-0.05, 0) is 12.8 Å². The van der Waals surface area contributed by atoms with Crippen molar-refractivity contribution >= 4 is 5.91 Å². The van der Waals surface area contributed by atoms with E-state index in [2.05, 4.69) is 10.3 Å². The number of carbonyl (C=O) groups is 1.